The van der Waals surface area contributed by atoms with Crippen LogP contribution >= 0.6 is 0 Å². The summed E-state index contributed by atoms with van der Waals surface area (Å²) in [7, 11) is 0. The lowest BCUT2D eigenvalue weighted by molar-refractivity contribution is -0.387. The Balaban J connectivity index is 1.69. The van der Waals surface area contributed by atoms with Crippen LogP contribution in [0.25, 0.3) is 0 Å². The highest BCUT2D eigenvalue weighted by atomic mass is 19.1. The molecular formula is C15H13FN4O3. The van der Waals surface area contributed by atoms with Crippen molar-refractivity contribution < 1.29 is 14.1 Å². The second-order valence-electron chi connectivity index (χ2n) is 5.42. The van der Waals surface area contributed by atoms with E-state index in [1.54, 1.807) is 12.3 Å². The molecule has 1 aromatic carbocycles. The number of nitro benzene ring substituents is 1. The van der Waals surface area contributed by atoms with Crippen LogP contribution in [0.5, 0.6) is 0 Å². The second-order valence-corrected chi connectivity index (χ2v) is 5.42. The molecule has 1 amide bonds. The summed E-state index contributed by atoms with van der Waals surface area (Å²) in [5.41, 5.74) is 0.353. The maximum Gasteiger partial charge on any atom is 0.306 e. The number of benzene rings is 1. The van der Waals surface area contributed by atoms with Crippen LogP contribution in [0.1, 0.15) is 23.9 Å². The molecule has 23 heavy (non-hydrogen) atoms. The lowest BCUT2D eigenvalue weighted by Crippen LogP contribution is -2.15. The summed E-state index contributed by atoms with van der Waals surface area (Å²) in [6.45, 7) is 1.85. The summed E-state index contributed by atoms with van der Waals surface area (Å²) < 4.78 is 13.3. The van der Waals surface area contributed by atoms with Crippen LogP contribution in [0, 0.1) is 28.8 Å². The molecule has 2 atom stereocenters. The van der Waals surface area contributed by atoms with Crippen molar-refractivity contribution >= 4 is 17.3 Å². The molecule has 0 spiro atoms. The Morgan fingerprint density at radius 2 is 2.22 bits per heavy atom. The minimum atomic E-state index is -0.939. The number of halogens is 1. The van der Waals surface area contributed by atoms with E-state index in [9.17, 15) is 19.3 Å². The average molecular weight is 316 g/mol. The molecule has 1 saturated carbocycles. The van der Waals surface area contributed by atoms with Gasteiger partial charge in [0.1, 0.15) is 5.82 Å². The van der Waals surface area contributed by atoms with E-state index < -0.39 is 16.4 Å². The largest absolute Gasteiger partial charge is 0.326 e. The first-order valence-electron chi connectivity index (χ1n) is 7.00. The van der Waals surface area contributed by atoms with Crippen molar-refractivity contribution in [2.45, 2.75) is 19.3 Å². The summed E-state index contributed by atoms with van der Waals surface area (Å²) >= 11 is 0. The molecule has 3 rings (SSSR count). The number of hydrogen-bond donors (Lipinski definition) is 1. The second kappa shape index (κ2) is 5.71. The molecule has 7 nitrogen and oxygen atoms in total. The zero-order chi connectivity index (χ0) is 16.6. The van der Waals surface area contributed by atoms with Gasteiger partial charge in [0.15, 0.2) is 0 Å². The minimum absolute atomic E-state index is 0.0506. The fourth-order valence-corrected chi connectivity index (χ4v) is 2.38. The maximum absolute atomic E-state index is 13.3. The summed E-state index contributed by atoms with van der Waals surface area (Å²) in [5, 5.41) is 13.3. The van der Waals surface area contributed by atoms with E-state index in [1.165, 1.54) is 6.07 Å². The van der Waals surface area contributed by atoms with E-state index in [0.717, 1.165) is 17.8 Å². The van der Waals surface area contributed by atoms with Crippen molar-refractivity contribution in [3.05, 3.63) is 57.9 Å². The van der Waals surface area contributed by atoms with E-state index in [1.807, 2.05) is 6.92 Å². The third kappa shape index (κ3) is 3.15. The Bertz CT molecular complexity index is 796. The van der Waals surface area contributed by atoms with Crippen molar-refractivity contribution in [2.24, 2.45) is 5.92 Å². The number of hydrogen-bond acceptors (Lipinski definition) is 5. The predicted octanol–water partition coefficient (Wildman–Crippen LogP) is 2.57. The molecule has 1 heterocycles. The molecule has 1 aliphatic carbocycles. The number of carbonyl (C=O) groups is 1. The van der Waals surface area contributed by atoms with Crippen LogP contribution < -0.4 is 5.32 Å². The van der Waals surface area contributed by atoms with E-state index in [2.05, 4.69) is 15.3 Å². The smallest absolute Gasteiger partial charge is 0.306 e. The number of nitrogens with zero attached hydrogens (tertiary/aromatic N) is 3. The van der Waals surface area contributed by atoms with Crippen LogP contribution in [0.4, 0.5) is 15.8 Å². The topological polar surface area (TPSA) is 98.0 Å². The normalized spacial score (nSPS) is 19.2. The van der Waals surface area contributed by atoms with E-state index in [0.29, 0.717) is 12.2 Å². The van der Waals surface area contributed by atoms with Gasteiger partial charge in [0.25, 0.3) is 0 Å². The third-order valence-corrected chi connectivity index (χ3v) is 3.68. The van der Waals surface area contributed by atoms with E-state index in [-0.39, 0.29) is 23.4 Å². The highest BCUT2D eigenvalue weighted by Crippen LogP contribution is 2.46. The third-order valence-electron chi connectivity index (χ3n) is 3.68. The molecule has 0 radical (unpaired) electrons. The van der Waals surface area contributed by atoms with Gasteiger partial charge in [-0.3, -0.25) is 14.9 Å². The summed E-state index contributed by atoms with van der Waals surface area (Å²) in [4.78, 5) is 30.5. The summed E-state index contributed by atoms with van der Waals surface area (Å²) in [6, 6.07) is 5.04. The summed E-state index contributed by atoms with van der Waals surface area (Å²) in [6.07, 6.45) is 2.27. The van der Waals surface area contributed by atoms with Gasteiger partial charge in [0.05, 0.1) is 4.92 Å². The van der Waals surface area contributed by atoms with Crippen molar-refractivity contribution in [3.63, 3.8) is 0 Å². The van der Waals surface area contributed by atoms with Crippen LogP contribution in [0.2, 0.25) is 0 Å². The van der Waals surface area contributed by atoms with Crippen LogP contribution in [0.3, 0.4) is 0 Å². The molecule has 0 saturated heterocycles. The molecule has 1 fully saturated rings. The number of aryl methyl sites for hydroxylation is 1. The number of carbonyl (C=O) groups excluding carboxylic acids is 1. The van der Waals surface area contributed by atoms with Gasteiger partial charge in [-0.15, -0.1) is 0 Å². The zero-order valence-electron chi connectivity index (χ0n) is 12.2. The fourth-order valence-electron chi connectivity index (χ4n) is 2.38. The standard InChI is InChI=1S/C15H13FN4O3/c1-8-4-5-17-14(18-8)10-7-11(10)15(21)19-9-2-3-12(16)13(6-9)20(22)23/h2-6,10-11H,7H2,1H3,(H,19,21)/t10?,11-/m0/s1. The Morgan fingerprint density at radius 1 is 1.43 bits per heavy atom. The van der Waals surface area contributed by atoms with Gasteiger partial charge in [0.2, 0.25) is 11.7 Å². The molecule has 118 valence electrons. The molecule has 0 bridgehead atoms. The van der Waals surface area contributed by atoms with Gasteiger partial charge in [-0.2, -0.15) is 4.39 Å². The van der Waals surface area contributed by atoms with E-state index in [4.69, 9.17) is 0 Å². The van der Waals surface area contributed by atoms with Gasteiger partial charge in [-0.1, -0.05) is 0 Å². The van der Waals surface area contributed by atoms with Crippen LogP contribution in [0.15, 0.2) is 30.5 Å². The van der Waals surface area contributed by atoms with Crippen molar-refractivity contribution in [1.82, 2.24) is 9.97 Å². The Morgan fingerprint density at radius 3 is 2.91 bits per heavy atom. The minimum Gasteiger partial charge on any atom is -0.326 e. The Hall–Kier alpha value is -2.90. The molecule has 1 aliphatic rings. The molecule has 1 unspecified atom stereocenters. The average Bonchev–Trinajstić information content (AvgIpc) is 3.29. The van der Waals surface area contributed by atoms with Gasteiger partial charge >= 0.3 is 5.69 Å². The lowest BCUT2D eigenvalue weighted by Gasteiger charge is -2.05. The fraction of sp³-hybridized carbons (Fsp3) is 0.267. The molecule has 1 aromatic heterocycles. The lowest BCUT2D eigenvalue weighted by atomic mass is 10.2. The van der Waals surface area contributed by atoms with Crippen molar-refractivity contribution in [3.8, 4) is 0 Å². The maximum atomic E-state index is 13.3. The van der Waals surface area contributed by atoms with Gasteiger partial charge in [0, 0.05) is 35.5 Å². The Labute approximate surface area is 130 Å². The zero-order valence-corrected chi connectivity index (χ0v) is 12.2. The van der Waals surface area contributed by atoms with Crippen LogP contribution in [-0.4, -0.2) is 20.8 Å². The number of nitrogens with one attached hydrogen (secondary N) is 1. The predicted molar refractivity (Wildman–Crippen MR) is 79.3 cm³/mol. The first kappa shape index (κ1) is 15.0. The van der Waals surface area contributed by atoms with Crippen molar-refractivity contribution in [1.29, 1.82) is 0 Å². The Kier molecular flexibility index (Phi) is 3.73. The highest BCUT2D eigenvalue weighted by molar-refractivity contribution is 5.95. The monoisotopic (exact) mass is 316 g/mol. The molecule has 2 aromatic rings. The first-order valence-corrected chi connectivity index (χ1v) is 7.00. The SMILES string of the molecule is Cc1ccnc(C2C[C@@H]2C(=O)Nc2ccc(F)c([N+](=O)[O-])c2)n1. The highest BCUT2D eigenvalue weighted by Gasteiger charge is 2.46. The number of amides is 1. The van der Waals surface area contributed by atoms with Gasteiger partial charge in [-0.25, -0.2) is 9.97 Å². The first-order chi connectivity index (χ1) is 11.0. The van der Waals surface area contributed by atoms with E-state index >= 15 is 0 Å². The van der Waals surface area contributed by atoms with Gasteiger partial charge in [-0.05, 0) is 31.5 Å². The van der Waals surface area contributed by atoms with Crippen LogP contribution in [-0.2, 0) is 4.79 Å². The van der Waals surface area contributed by atoms with Gasteiger partial charge < -0.3 is 5.32 Å². The molecule has 0 aliphatic heterocycles. The molecular weight excluding hydrogens is 303 g/mol. The molecule has 1 N–H and O–H groups in total. The number of nitro groups is 1. The quantitative estimate of drug-likeness (QED) is 0.690. The van der Waals surface area contributed by atoms with Crippen molar-refractivity contribution in [2.75, 3.05) is 5.32 Å². The molecule has 8 heteroatoms. The number of anilines is 1. The number of rotatable bonds is 4. The summed E-state index contributed by atoms with van der Waals surface area (Å²) in [5.74, 6) is -0.923. The number of aromatic nitrogens is 2.